The maximum Gasteiger partial charge on any atom is 0.410 e. The van der Waals surface area contributed by atoms with Crippen LogP contribution >= 0.6 is 22.9 Å². The van der Waals surface area contributed by atoms with E-state index < -0.39 is 0 Å². The van der Waals surface area contributed by atoms with Crippen LogP contribution < -0.4 is 4.74 Å². The highest BCUT2D eigenvalue weighted by molar-refractivity contribution is 7.15. The molecule has 1 aromatic rings. The second kappa shape index (κ2) is 8.05. The van der Waals surface area contributed by atoms with Crippen molar-refractivity contribution in [3.63, 3.8) is 0 Å². The van der Waals surface area contributed by atoms with Crippen LogP contribution in [0.5, 0.6) is 5.75 Å². The third kappa shape index (κ3) is 3.78. The molecule has 0 N–H and O–H groups in total. The fraction of sp³-hybridized carbons (Fsp3) is 0.667. The zero-order chi connectivity index (χ0) is 18.8. The van der Waals surface area contributed by atoms with Crippen molar-refractivity contribution in [1.29, 1.82) is 0 Å². The molecule has 1 aromatic heterocycles. The Morgan fingerprint density at radius 3 is 2.73 bits per heavy atom. The Kier molecular flexibility index (Phi) is 5.97. The molecule has 1 unspecified atom stereocenters. The first-order valence-corrected chi connectivity index (χ1v) is 10.2. The normalized spacial score (nSPS) is 21.4. The Morgan fingerprint density at radius 2 is 2.12 bits per heavy atom. The summed E-state index contributed by atoms with van der Waals surface area (Å²) in [5.41, 5.74) is 0.513. The van der Waals surface area contributed by atoms with E-state index in [0.29, 0.717) is 41.3 Å². The minimum atomic E-state index is -0.216. The van der Waals surface area contributed by atoms with Gasteiger partial charge in [0.05, 0.1) is 18.7 Å². The Morgan fingerprint density at radius 1 is 1.42 bits per heavy atom. The molecule has 0 bridgehead atoms. The molecule has 8 heteroatoms. The molecule has 3 rings (SSSR count). The number of halogens is 1. The number of piperidine rings is 1. The number of amides is 2. The van der Waals surface area contributed by atoms with E-state index in [9.17, 15) is 9.59 Å². The molecule has 3 heterocycles. The number of methoxy groups -OCH3 is 1. The predicted octanol–water partition coefficient (Wildman–Crippen LogP) is 3.88. The maximum atomic E-state index is 12.8. The van der Waals surface area contributed by atoms with E-state index >= 15 is 0 Å². The smallest absolute Gasteiger partial charge is 0.410 e. The van der Waals surface area contributed by atoms with Crippen LogP contribution in [-0.2, 0) is 4.74 Å². The van der Waals surface area contributed by atoms with Gasteiger partial charge >= 0.3 is 6.09 Å². The predicted molar refractivity (Wildman–Crippen MR) is 101 cm³/mol. The van der Waals surface area contributed by atoms with Gasteiger partial charge in [-0.1, -0.05) is 25.4 Å². The molecule has 2 fully saturated rings. The van der Waals surface area contributed by atoms with Crippen molar-refractivity contribution in [3.05, 3.63) is 15.3 Å². The first-order chi connectivity index (χ1) is 12.4. The number of nitrogens with zero attached hydrogens (tertiary/aromatic N) is 2. The molecule has 0 saturated carbocycles. The van der Waals surface area contributed by atoms with Crippen LogP contribution in [0.25, 0.3) is 0 Å². The molecule has 0 aromatic carbocycles. The maximum absolute atomic E-state index is 12.8. The summed E-state index contributed by atoms with van der Waals surface area (Å²) in [6.07, 6.45) is 2.24. The molecule has 2 aliphatic rings. The van der Waals surface area contributed by atoms with Gasteiger partial charge in [-0.3, -0.25) is 9.69 Å². The van der Waals surface area contributed by atoms with E-state index in [-0.39, 0.29) is 24.1 Å². The summed E-state index contributed by atoms with van der Waals surface area (Å²) in [5, 5.41) is 1.74. The number of rotatable bonds is 5. The van der Waals surface area contributed by atoms with E-state index in [1.54, 1.807) is 5.38 Å². The number of hydrogen-bond donors (Lipinski definition) is 0. The Hall–Kier alpha value is -1.47. The summed E-state index contributed by atoms with van der Waals surface area (Å²) >= 11 is 7.37. The minimum absolute atomic E-state index is 0.0637. The quantitative estimate of drug-likeness (QED) is 0.752. The summed E-state index contributed by atoms with van der Waals surface area (Å²) < 4.78 is 11.0. The fourth-order valence-electron chi connectivity index (χ4n) is 3.82. The summed E-state index contributed by atoms with van der Waals surface area (Å²) in [5.74, 6) is 0.893. The van der Waals surface area contributed by atoms with Crippen LogP contribution in [0.4, 0.5) is 4.79 Å². The van der Waals surface area contributed by atoms with Gasteiger partial charge in [0.2, 0.25) is 0 Å². The molecule has 2 saturated heterocycles. The van der Waals surface area contributed by atoms with Crippen molar-refractivity contribution >= 4 is 34.9 Å². The third-order valence-corrected chi connectivity index (χ3v) is 6.21. The molecule has 144 valence electrons. The SMILES string of the molecule is COc1c(C(=O)N2CCC(N3C(=O)OCC3CC(C)C)CC2)csc1Cl. The monoisotopic (exact) mass is 400 g/mol. The lowest BCUT2D eigenvalue weighted by molar-refractivity contribution is 0.0628. The zero-order valence-corrected chi connectivity index (χ0v) is 16.9. The van der Waals surface area contributed by atoms with E-state index in [0.717, 1.165) is 19.3 Å². The van der Waals surface area contributed by atoms with Crippen LogP contribution in [0.1, 0.15) is 43.5 Å². The molecule has 0 spiro atoms. The van der Waals surface area contributed by atoms with Crippen LogP contribution in [0.2, 0.25) is 4.34 Å². The standard InChI is InChI=1S/C18H25ClN2O4S/c1-11(2)8-13-9-25-18(23)21(13)12-4-6-20(7-5-12)17(22)14-10-26-16(19)15(14)24-3/h10-13H,4-9H2,1-3H3. The minimum Gasteiger partial charge on any atom is -0.493 e. The summed E-state index contributed by atoms with van der Waals surface area (Å²) in [6, 6.07) is 0.274. The molecular formula is C18H25ClN2O4S. The second-order valence-electron chi connectivity index (χ2n) is 7.25. The van der Waals surface area contributed by atoms with Gasteiger partial charge in [0.25, 0.3) is 5.91 Å². The highest BCUT2D eigenvalue weighted by atomic mass is 35.5. The Labute approximate surface area is 163 Å². The summed E-state index contributed by atoms with van der Waals surface area (Å²) in [7, 11) is 1.52. The number of carbonyl (C=O) groups is 2. The zero-order valence-electron chi connectivity index (χ0n) is 15.4. The average Bonchev–Trinajstić information content (AvgIpc) is 3.16. The third-order valence-electron chi connectivity index (χ3n) is 5.03. The van der Waals surface area contributed by atoms with Crippen molar-refractivity contribution in [1.82, 2.24) is 9.80 Å². The highest BCUT2D eigenvalue weighted by Crippen LogP contribution is 2.36. The highest BCUT2D eigenvalue weighted by Gasteiger charge is 2.40. The largest absolute Gasteiger partial charge is 0.493 e. The van der Waals surface area contributed by atoms with Gasteiger partial charge < -0.3 is 14.4 Å². The van der Waals surface area contributed by atoms with Gasteiger partial charge in [-0.05, 0) is 25.2 Å². The molecule has 2 aliphatic heterocycles. The van der Waals surface area contributed by atoms with Gasteiger partial charge in [-0.2, -0.15) is 0 Å². The van der Waals surface area contributed by atoms with E-state index in [2.05, 4.69) is 13.8 Å². The van der Waals surface area contributed by atoms with Gasteiger partial charge in [0.15, 0.2) is 5.75 Å². The molecule has 6 nitrogen and oxygen atoms in total. The van der Waals surface area contributed by atoms with E-state index in [1.807, 2.05) is 9.80 Å². The first-order valence-electron chi connectivity index (χ1n) is 8.97. The van der Waals surface area contributed by atoms with Crippen molar-refractivity contribution in [2.45, 2.75) is 45.2 Å². The number of ether oxygens (including phenoxy) is 2. The van der Waals surface area contributed by atoms with Crippen molar-refractivity contribution in [2.24, 2.45) is 5.92 Å². The Bertz CT molecular complexity index is 670. The summed E-state index contributed by atoms with van der Waals surface area (Å²) in [4.78, 5) is 28.7. The molecule has 26 heavy (non-hydrogen) atoms. The molecular weight excluding hydrogens is 376 g/mol. The van der Waals surface area contributed by atoms with Crippen LogP contribution in [0.3, 0.4) is 0 Å². The van der Waals surface area contributed by atoms with E-state index in [1.165, 1.54) is 18.4 Å². The van der Waals surface area contributed by atoms with Crippen LogP contribution in [-0.4, -0.2) is 60.7 Å². The second-order valence-corrected chi connectivity index (χ2v) is 8.73. The van der Waals surface area contributed by atoms with Gasteiger partial charge in [-0.15, -0.1) is 11.3 Å². The van der Waals surface area contributed by atoms with Gasteiger partial charge in [-0.25, -0.2) is 4.79 Å². The number of carbonyl (C=O) groups excluding carboxylic acids is 2. The molecule has 0 radical (unpaired) electrons. The number of cyclic esters (lactones) is 1. The first kappa shape index (κ1) is 19.3. The Balaban J connectivity index is 1.63. The van der Waals surface area contributed by atoms with Gasteiger partial charge in [0.1, 0.15) is 10.9 Å². The number of likely N-dealkylation sites (tertiary alicyclic amines) is 1. The molecule has 2 amide bonds. The number of hydrogen-bond acceptors (Lipinski definition) is 5. The number of thiophene rings is 1. The lowest BCUT2D eigenvalue weighted by atomic mass is 9.98. The fourth-order valence-corrected chi connectivity index (χ4v) is 4.87. The van der Waals surface area contributed by atoms with Crippen molar-refractivity contribution in [2.75, 3.05) is 26.8 Å². The molecule has 0 aliphatic carbocycles. The van der Waals surface area contributed by atoms with Gasteiger partial charge in [0, 0.05) is 24.5 Å². The van der Waals surface area contributed by atoms with E-state index in [4.69, 9.17) is 21.1 Å². The van der Waals surface area contributed by atoms with Crippen LogP contribution in [0, 0.1) is 5.92 Å². The molecule has 1 atom stereocenters. The average molecular weight is 401 g/mol. The summed E-state index contributed by atoms with van der Waals surface area (Å²) in [6.45, 7) is 6.00. The lowest BCUT2D eigenvalue weighted by Gasteiger charge is -2.38. The van der Waals surface area contributed by atoms with Crippen molar-refractivity contribution in [3.8, 4) is 5.75 Å². The van der Waals surface area contributed by atoms with Crippen molar-refractivity contribution < 1.29 is 19.1 Å². The topological polar surface area (TPSA) is 59.1 Å². The van der Waals surface area contributed by atoms with Crippen LogP contribution in [0.15, 0.2) is 5.38 Å². The lowest BCUT2D eigenvalue weighted by Crippen LogP contribution is -2.50.